The highest BCUT2D eigenvalue weighted by atomic mass is 35.6. The summed E-state index contributed by atoms with van der Waals surface area (Å²) in [6, 6.07) is 6.48. The third-order valence-electron chi connectivity index (χ3n) is 12.2. The Balaban J connectivity index is 1.64. The number of aliphatic hydroxyl groups is 4. The normalized spacial score (nSPS) is 32.5. The van der Waals surface area contributed by atoms with Crippen molar-refractivity contribution < 1.29 is 77.6 Å². The molecule has 5 N–H and O–H groups in total. The molecule has 63 heavy (non-hydrogen) atoms. The van der Waals surface area contributed by atoms with Gasteiger partial charge in [0, 0.05) is 24.2 Å². The molecule has 1 heterocycles. The molecule has 1 saturated heterocycles. The fraction of sp³-hybridized carbons (Fsp3) is 0.675. The standard InChI is InChI=1S/C40H49Cl6NO16/c1-18-20(60-30(51)25(48)24(19-11-9-8-10-12-19)47-31(52)63-34(2,3)4)14-38(56)29(50)27-36(7,21(13-22-37(27,55)15-57-22)61-32(53)58-16-39(41,42)43)28(49)26(23(18)35(38,5)6)62-33(54)59-17-40(44,45)46/h8-12,20-22,24-27,29,48,50,55-56H,13-17H2,1-7H3,(H,47,52)/t20-,21-,22+,24-,25+,26+,27-,29-,36+,37-,38+/m0/s1. The Labute approximate surface area is 392 Å². The van der Waals surface area contributed by atoms with E-state index in [9.17, 15) is 39.6 Å². The van der Waals surface area contributed by atoms with E-state index in [4.69, 9.17) is 103 Å². The Morgan fingerprint density at radius 2 is 1.46 bits per heavy atom. The Hall–Kier alpha value is -2.55. The number of alkyl halides is 6. The first-order valence-corrected chi connectivity index (χ1v) is 21.8. The number of hydrogen-bond donors (Lipinski definition) is 5. The van der Waals surface area contributed by atoms with Crippen LogP contribution in [0.5, 0.6) is 0 Å². The average Bonchev–Trinajstić information content (AvgIpc) is 3.15. The molecule has 0 radical (unpaired) electrons. The highest BCUT2D eigenvalue weighted by Gasteiger charge is 2.76. The maximum absolute atomic E-state index is 15.5. The van der Waals surface area contributed by atoms with Crippen LogP contribution in [0.2, 0.25) is 0 Å². The molecule has 1 aromatic rings. The van der Waals surface area contributed by atoms with E-state index in [1.807, 2.05) is 0 Å². The highest BCUT2D eigenvalue weighted by molar-refractivity contribution is 6.68. The molecule has 4 aliphatic rings. The van der Waals surface area contributed by atoms with Crippen molar-refractivity contribution in [3.05, 3.63) is 47.0 Å². The van der Waals surface area contributed by atoms with Crippen LogP contribution in [0.25, 0.3) is 0 Å². The van der Waals surface area contributed by atoms with Crippen molar-refractivity contribution >= 4 is 99.8 Å². The number of amides is 1. The SMILES string of the molecule is CC1=C2[C@@H](OC(=O)OCC(Cl)(Cl)Cl)C(=O)[C@]3(C)[C@@H](OC(=O)OCC(Cl)(Cl)Cl)C[C@H]4OC[C@@]4(O)[C@H]3[C@H](O)[C@](O)(C[C@@H]1OC(=O)[C@H](O)[C@@H](NC(=O)OC(C)(C)C)c1ccccc1)C2(C)C. The number of halogens is 6. The molecular formula is C40H49Cl6NO16. The summed E-state index contributed by atoms with van der Waals surface area (Å²) in [5.74, 6) is -4.23. The molecule has 3 fully saturated rings. The zero-order chi connectivity index (χ0) is 47.5. The molecule has 2 saturated carbocycles. The summed E-state index contributed by atoms with van der Waals surface area (Å²) in [6.45, 7) is 8.17. The summed E-state index contributed by atoms with van der Waals surface area (Å²) >= 11 is 34.7. The molecule has 5 rings (SSSR count). The molecule has 1 aliphatic heterocycles. The van der Waals surface area contributed by atoms with Crippen LogP contribution in [0, 0.1) is 16.7 Å². The first kappa shape index (κ1) is 51.4. The quantitative estimate of drug-likeness (QED) is 0.0839. The van der Waals surface area contributed by atoms with Crippen LogP contribution in [0.1, 0.15) is 72.9 Å². The van der Waals surface area contributed by atoms with Crippen LogP contribution in [0.15, 0.2) is 41.5 Å². The van der Waals surface area contributed by atoms with Gasteiger partial charge in [0.1, 0.15) is 42.2 Å². The number of carbonyl (C=O) groups is 5. The van der Waals surface area contributed by atoms with Gasteiger partial charge in [0.15, 0.2) is 18.0 Å². The second kappa shape index (κ2) is 18.3. The number of benzene rings is 1. The average molecular weight is 1010 g/mol. The van der Waals surface area contributed by atoms with Crippen molar-refractivity contribution in [2.75, 3.05) is 19.8 Å². The minimum atomic E-state index is -2.53. The monoisotopic (exact) mass is 1010 g/mol. The summed E-state index contributed by atoms with van der Waals surface area (Å²) in [4.78, 5) is 69.1. The fourth-order valence-corrected chi connectivity index (χ4v) is 9.40. The summed E-state index contributed by atoms with van der Waals surface area (Å²) in [7, 11) is 0. The van der Waals surface area contributed by atoms with Crippen LogP contribution in [0.3, 0.4) is 0 Å². The van der Waals surface area contributed by atoms with Crippen molar-refractivity contribution in [1.29, 1.82) is 0 Å². The van der Waals surface area contributed by atoms with E-state index in [2.05, 4.69) is 5.32 Å². The van der Waals surface area contributed by atoms with E-state index in [0.29, 0.717) is 0 Å². The molecule has 1 aromatic carbocycles. The van der Waals surface area contributed by atoms with Gasteiger partial charge in [-0.05, 0) is 51.3 Å². The fourth-order valence-electron chi connectivity index (χ4n) is 9.07. The van der Waals surface area contributed by atoms with Crippen molar-refractivity contribution in [3.63, 3.8) is 0 Å². The lowest BCUT2D eigenvalue weighted by atomic mass is 9.45. The van der Waals surface area contributed by atoms with Crippen molar-refractivity contribution in [1.82, 2.24) is 5.32 Å². The molecule has 0 unspecified atom stereocenters. The van der Waals surface area contributed by atoms with Gasteiger partial charge in [-0.1, -0.05) is 114 Å². The van der Waals surface area contributed by atoms with E-state index >= 15 is 4.79 Å². The summed E-state index contributed by atoms with van der Waals surface area (Å²) in [6.07, 6.45) is -15.9. The zero-order valence-corrected chi connectivity index (χ0v) is 39.5. The second-order valence-electron chi connectivity index (χ2n) is 17.8. The number of fused-ring (bicyclic) bond motifs is 5. The molecule has 23 heteroatoms. The Morgan fingerprint density at radius 3 is 1.97 bits per heavy atom. The van der Waals surface area contributed by atoms with Crippen LogP contribution >= 0.6 is 69.6 Å². The van der Waals surface area contributed by atoms with Gasteiger partial charge in [-0.2, -0.15) is 0 Å². The number of carbonyl (C=O) groups excluding carboxylic acids is 5. The number of ketones is 1. The minimum absolute atomic E-state index is 0.00213. The summed E-state index contributed by atoms with van der Waals surface area (Å²) < 4.78 is 34.1. The van der Waals surface area contributed by atoms with Gasteiger partial charge >= 0.3 is 24.4 Å². The molecule has 11 atom stereocenters. The third kappa shape index (κ3) is 10.5. The molecule has 0 spiro atoms. The molecule has 1 amide bonds. The van der Waals surface area contributed by atoms with Gasteiger partial charge in [-0.15, -0.1) is 0 Å². The van der Waals surface area contributed by atoms with E-state index in [1.54, 1.807) is 39.0 Å². The lowest BCUT2D eigenvalue weighted by Gasteiger charge is -2.66. The Kier molecular flexibility index (Phi) is 14.9. The predicted molar refractivity (Wildman–Crippen MR) is 225 cm³/mol. The van der Waals surface area contributed by atoms with E-state index in [1.165, 1.54) is 39.8 Å². The van der Waals surface area contributed by atoms with Crippen molar-refractivity contribution in [2.45, 2.75) is 128 Å². The van der Waals surface area contributed by atoms with Crippen LogP contribution in [0.4, 0.5) is 14.4 Å². The van der Waals surface area contributed by atoms with Gasteiger partial charge in [0.05, 0.1) is 30.3 Å². The van der Waals surface area contributed by atoms with Crippen molar-refractivity contribution in [3.8, 4) is 0 Å². The number of nitrogens with one attached hydrogen (secondary N) is 1. The topological polar surface area (TPSA) is 243 Å². The van der Waals surface area contributed by atoms with Gasteiger partial charge in [0.2, 0.25) is 7.59 Å². The first-order valence-electron chi connectivity index (χ1n) is 19.5. The molecule has 3 aliphatic carbocycles. The van der Waals surface area contributed by atoms with E-state index in [0.717, 1.165) is 0 Å². The van der Waals surface area contributed by atoms with Gasteiger partial charge in [-0.3, -0.25) is 4.79 Å². The lowest BCUT2D eigenvalue weighted by molar-refractivity contribution is -0.344. The minimum Gasteiger partial charge on any atom is -0.456 e. The largest absolute Gasteiger partial charge is 0.509 e. The molecular weight excluding hydrogens is 963 g/mol. The number of alkyl carbamates (subject to hydrolysis) is 1. The number of hydrogen-bond acceptors (Lipinski definition) is 16. The third-order valence-corrected chi connectivity index (χ3v) is 12.8. The van der Waals surface area contributed by atoms with Crippen LogP contribution < -0.4 is 5.32 Å². The smallest absolute Gasteiger partial charge is 0.456 e. The number of esters is 1. The Bertz CT molecular complexity index is 1970. The van der Waals surface area contributed by atoms with E-state index in [-0.39, 0.29) is 23.1 Å². The second-order valence-corrected chi connectivity index (χ2v) is 22.8. The van der Waals surface area contributed by atoms with E-state index < -0.39 is 140 Å². The van der Waals surface area contributed by atoms with Crippen LogP contribution in [-0.4, -0.2) is 131 Å². The number of rotatable bonds is 9. The number of ether oxygens (including phenoxy) is 7. The van der Waals surface area contributed by atoms with Gasteiger partial charge in [0.25, 0.3) is 0 Å². The summed E-state index contributed by atoms with van der Waals surface area (Å²) in [5, 5.41) is 52.1. The molecule has 352 valence electrons. The maximum Gasteiger partial charge on any atom is 0.509 e. The van der Waals surface area contributed by atoms with Crippen LogP contribution in [-0.2, 0) is 42.7 Å². The zero-order valence-electron chi connectivity index (χ0n) is 35.0. The maximum atomic E-state index is 15.5. The van der Waals surface area contributed by atoms with Gasteiger partial charge < -0.3 is 58.9 Å². The predicted octanol–water partition coefficient (Wildman–Crippen LogP) is 5.89. The Morgan fingerprint density at radius 1 is 0.905 bits per heavy atom. The van der Waals surface area contributed by atoms with Gasteiger partial charge in [-0.25, -0.2) is 19.2 Å². The summed E-state index contributed by atoms with van der Waals surface area (Å²) in [5.41, 5.74) is -9.64. The molecule has 2 bridgehead atoms. The molecule has 0 aromatic heterocycles. The lowest BCUT2D eigenvalue weighted by Crippen LogP contribution is -2.81. The number of Topliss-reactive ketones (excluding diaryl/α,β-unsaturated/α-hetero) is 1. The highest BCUT2D eigenvalue weighted by Crippen LogP contribution is 2.63. The molecule has 17 nitrogen and oxygen atoms in total. The number of aliphatic hydroxyl groups excluding tert-OH is 2. The van der Waals surface area contributed by atoms with Crippen molar-refractivity contribution in [2.24, 2.45) is 16.7 Å². The first-order chi connectivity index (χ1) is 28.8.